The van der Waals surface area contributed by atoms with Crippen LogP contribution in [0, 0.1) is 0 Å². The Hall–Kier alpha value is -0.890. The largest absolute Gasteiger partial charge is 0.268 e. The second-order valence-electron chi connectivity index (χ2n) is 2.28. The molecule has 2 heteroatoms. The molecule has 0 saturated carbocycles. The molecule has 0 bridgehead atoms. The van der Waals surface area contributed by atoms with E-state index in [1.54, 1.807) is 0 Å². The topological polar surface area (TPSA) is 14.1 Å². The van der Waals surface area contributed by atoms with Crippen molar-refractivity contribution in [3.8, 4) is 0 Å². The summed E-state index contributed by atoms with van der Waals surface area (Å²) >= 11 is 5.01. The van der Waals surface area contributed by atoms with Gasteiger partial charge in [0.15, 0.2) is 0 Å². The summed E-state index contributed by atoms with van der Waals surface area (Å²) in [7, 11) is 0. The van der Waals surface area contributed by atoms with Crippen LogP contribution in [0.4, 0.5) is 0 Å². The fourth-order valence-corrected chi connectivity index (χ4v) is 1.37. The molecule has 0 aromatic heterocycles. The van der Waals surface area contributed by atoms with Crippen molar-refractivity contribution in [2.75, 3.05) is 0 Å². The van der Waals surface area contributed by atoms with Gasteiger partial charge < -0.3 is 0 Å². The molecule has 0 unspecified atom stereocenters. The second-order valence-corrected chi connectivity index (χ2v) is 2.67. The molecule has 0 saturated heterocycles. The van der Waals surface area contributed by atoms with Gasteiger partial charge in [-0.3, -0.25) is 5.32 Å². The van der Waals surface area contributed by atoms with Gasteiger partial charge in [0.2, 0.25) is 0 Å². The molecule has 1 heterocycles. The van der Waals surface area contributed by atoms with Crippen LogP contribution in [0.2, 0.25) is 0 Å². The van der Waals surface area contributed by atoms with E-state index in [9.17, 15) is 0 Å². The number of hydrogen-bond donors (Lipinski definition) is 0. The van der Waals surface area contributed by atoms with Gasteiger partial charge in [-0.25, -0.2) is 0 Å². The van der Waals surface area contributed by atoms with Crippen molar-refractivity contribution in [3.63, 3.8) is 0 Å². The van der Waals surface area contributed by atoms with Crippen molar-refractivity contribution in [2.45, 2.75) is 6.54 Å². The molecule has 0 amide bonds. The molecule has 1 aromatic carbocycles. The fraction of sp³-hybridized carbons (Fsp3) is 0.125. The molecule has 0 atom stereocenters. The Morgan fingerprint density at radius 3 is 2.90 bits per heavy atom. The Morgan fingerprint density at radius 1 is 1.30 bits per heavy atom. The van der Waals surface area contributed by atoms with Crippen LogP contribution in [0.15, 0.2) is 24.3 Å². The maximum absolute atomic E-state index is 5.01. The highest BCUT2D eigenvalue weighted by molar-refractivity contribution is 7.80. The van der Waals surface area contributed by atoms with E-state index in [1.165, 1.54) is 5.56 Å². The van der Waals surface area contributed by atoms with E-state index in [-0.39, 0.29) is 0 Å². The smallest absolute Gasteiger partial charge is 0.128 e. The third kappa shape index (κ3) is 0.727. The molecule has 10 heavy (non-hydrogen) atoms. The molecule has 49 valence electrons. The molecule has 2 rings (SSSR count). The first-order valence-corrected chi connectivity index (χ1v) is 3.58. The highest BCUT2D eigenvalue weighted by atomic mass is 32.1. The first-order valence-electron chi connectivity index (χ1n) is 3.17. The summed E-state index contributed by atoms with van der Waals surface area (Å²) in [6, 6.07) is 8.10. The summed E-state index contributed by atoms with van der Waals surface area (Å²) < 4.78 is 0. The predicted octanol–water partition coefficient (Wildman–Crippen LogP) is 1.48. The molecule has 1 nitrogen and oxygen atoms in total. The van der Waals surface area contributed by atoms with Crippen molar-refractivity contribution in [1.29, 1.82) is 0 Å². The van der Waals surface area contributed by atoms with Crippen LogP contribution in [0.25, 0.3) is 0 Å². The van der Waals surface area contributed by atoms with Crippen molar-refractivity contribution in [1.82, 2.24) is 5.32 Å². The number of nitrogens with zero attached hydrogens (tertiary/aromatic N) is 1. The third-order valence-electron chi connectivity index (χ3n) is 1.64. The van der Waals surface area contributed by atoms with Crippen LogP contribution >= 0.6 is 12.2 Å². The number of benzene rings is 1. The molecule has 1 aromatic rings. The highest BCUT2D eigenvalue weighted by Crippen LogP contribution is 2.15. The van der Waals surface area contributed by atoms with E-state index in [0.29, 0.717) is 0 Å². The van der Waals surface area contributed by atoms with E-state index >= 15 is 0 Å². The molecule has 1 aliphatic heterocycles. The summed E-state index contributed by atoms with van der Waals surface area (Å²) in [6.45, 7) is 0.773. The van der Waals surface area contributed by atoms with Crippen LogP contribution in [0.1, 0.15) is 11.1 Å². The Morgan fingerprint density at radius 2 is 2.10 bits per heavy atom. The van der Waals surface area contributed by atoms with E-state index in [2.05, 4.69) is 11.4 Å². The second kappa shape index (κ2) is 2.06. The highest BCUT2D eigenvalue weighted by Gasteiger charge is 2.14. The zero-order valence-corrected chi connectivity index (χ0v) is 6.19. The molecule has 1 radical (unpaired) electrons. The van der Waals surface area contributed by atoms with Crippen molar-refractivity contribution < 1.29 is 0 Å². The molecule has 0 N–H and O–H groups in total. The number of thiocarbonyl (C=S) groups is 1. The zero-order chi connectivity index (χ0) is 6.97. The Balaban J connectivity index is 2.61. The summed E-state index contributed by atoms with van der Waals surface area (Å²) in [4.78, 5) is 0.760. The first-order chi connectivity index (χ1) is 4.88. The van der Waals surface area contributed by atoms with E-state index in [1.807, 2.05) is 18.2 Å². The van der Waals surface area contributed by atoms with Gasteiger partial charge in [0.1, 0.15) is 4.99 Å². The van der Waals surface area contributed by atoms with Gasteiger partial charge in [-0.2, -0.15) is 0 Å². The van der Waals surface area contributed by atoms with Gasteiger partial charge >= 0.3 is 0 Å². The molecule has 0 aliphatic carbocycles. The Labute approximate surface area is 65.1 Å². The van der Waals surface area contributed by atoms with E-state index in [4.69, 9.17) is 12.2 Å². The van der Waals surface area contributed by atoms with Crippen LogP contribution in [-0.4, -0.2) is 4.99 Å². The minimum atomic E-state index is 0.760. The standard InChI is InChI=1S/C8H6NS/c10-8-7-4-2-1-3-6(7)5-9-8/h1-4H,5H2. The van der Waals surface area contributed by atoms with Gasteiger partial charge in [-0.15, -0.1) is 0 Å². The minimum Gasteiger partial charge on any atom is -0.268 e. The quantitative estimate of drug-likeness (QED) is 0.508. The minimum absolute atomic E-state index is 0.760. The van der Waals surface area contributed by atoms with Crippen molar-refractivity contribution in [3.05, 3.63) is 35.4 Å². The van der Waals surface area contributed by atoms with Crippen LogP contribution in [-0.2, 0) is 6.54 Å². The molecule has 0 spiro atoms. The van der Waals surface area contributed by atoms with Gasteiger partial charge in [-0.1, -0.05) is 36.5 Å². The van der Waals surface area contributed by atoms with Gasteiger partial charge in [0.25, 0.3) is 0 Å². The molecular weight excluding hydrogens is 142 g/mol. The number of rotatable bonds is 0. The SMILES string of the molecule is S=C1[N]Cc2ccccc21. The monoisotopic (exact) mass is 148 g/mol. The molecule has 0 fully saturated rings. The lowest BCUT2D eigenvalue weighted by molar-refractivity contribution is 0.956. The lowest BCUT2D eigenvalue weighted by atomic mass is 10.1. The summed E-state index contributed by atoms with van der Waals surface area (Å²) in [5, 5.41) is 4.14. The normalized spacial score (nSPS) is 14.6. The van der Waals surface area contributed by atoms with Gasteiger partial charge in [0.05, 0.1) is 6.54 Å². The predicted molar refractivity (Wildman–Crippen MR) is 44.0 cm³/mol. The molecular formula is C8H6NS. The van der Waals surface area contributed by atoms with E-state index < -0.39 is 0 Å². The Bertz CT molecular complexity index is 280. The van der Waals surface area contributed by atoms with Gasteiger partial charge in [-0.05, 0) is 5.56 Å². The number of fused-ring (bicyclic) bond motifs is 1. The average molecular weight is 148 g/mol. The van der Waals surface area contributed by atoms with Crippen molar-refractivity contribution >= 4 is 17.2 Å². The third-order valence-corrected chi connectivity index (χ3v) is 1.99. The van der Waals surface area contributed by atoms with Crippen LogP contribution in [0.5, 0.6) is 0 Å². The fourth-order valence-electron chi connectivity index (χ4n) is 1.11. The van der Waals surface area contributed by atoms with Crippen molar-refractivity contribution in [2.24, 2.45) is 0 Å². The lowest BCUT2D eigenvalue weighted by Gasteiger charge is -1.91. The first kappa shape index (κ1) is 5.86. The summed E-state index contributed by atoms with van der Waals surface area (Å²) in [5.74, 6) is 0. The Kier molecular flexibility index (Phi) is 1.21. The van der Waals surface area contributed by atoms with Crippen LogP contribution < -0.4 is 5.32 Å². The summed E-state index contributed by atoms with van der Waals surface area (Å²) in [6.07, 6.45) is 0. The average Bonchev–Trinajstić information content (AvgIpc) is 2.34. The van der Waals surface area contributed by atoms with Gasteiger partial charge in [0, 0.05) is 5.56 Å². The maximum atomic E-state index is 5.01. The maximum Gasteiger partial charge on any atom is 0.128 e. The summed E-state index contributed by atoms with van der Waals surface area (Å²) in [5.41, 5.74) is 2.39. The zero-order valence-electron chi connectivity index (χ0n) is 5.37. The van der Waals surface area contributed by atoms with Crippen LogP contribution in [0.3, 0.4) is 0 Å². The lowest BCUT2D eigenvalue weighted by Crippen LogP contribution is -2.01. The number of hydrogen-bond acceptors (Lipinski definition) is 1. The molecule has 1 aliphatic rings. The van der Waals surface area contributed by atoms with E-state index in [0.717, 1.165) is 17.1 Å².